The van der Waals surface area contributed by atoms with E-state index < -0.39 is 0 Å². The van der Waals surface area contributed by atoms with Crippen LogP contribution in [0.4, 0.5) is 0 Å². The highest BCUT2D eigenvalue weighted by atomic mass is 79.9. The second-order valence-corrected chi connectivity index (χ2v) is 7.66. The SMILES string of the molecule is CCCn1c(SCC(=O)NCCc2ccccc2)nnc1-c1ccc(Br)o1. The summed E-state index contributed by atoms with van der Waals surface area (Å²) >= 11 is 4.70. The molecule has 27 heavy (non-hydrogen) atoms. The molecule has 142 valence electrons. The first kappa shape index (κ1) is 19.7. The molecule has 0 bridgehead atoms. The maximum atomic E-state index is 12.1. The van der Waals surface area contributed by atoms with Crippen molar-refractivity contribution in [2.24, 2.45) is 0 Å². The third kappa shape index (κ3) is 5.46. The number of amides is 1. The van der Waals surface area contributed by atoms with Gasteiger partial charge in [-0.3, -0.25) is 9.36 Å². The summed E-state index contributed by atoms with van der Waals surface area (Å²) in [5.41, 5.74) is 1.21. The van der Waals surface area contributed by atoms with Crippen LogP contribution in [0.1, 0.15) is 18.9 Å². The standard InChI is InChI=1S/C19H21BrN4O2S/c1-2-12-24-18(15-8-9-16(20)26-15)22-23-19(24)27-13-17(25)21-11-10-14-6-4-3-5-7-14/h3-9H,2,10-13H2,1H3,(H,21,25). The summed E-state index contributed by atoms with van der Waals surface area (Å²) in [6.07, 6.45) is 1.75. The Bertz CT molecular complexity index is 879. The number of halogens is 1. The molecule has 0 atom stereocenters. The van der Waals surface area contributed by atoms with Gasteiger partial charge in [0.05, 0.1) is 5.75 Å². The highest BCUT2D eigenvalue weighted by Crippen LogP contribution is 2.27. The third-order valence-electron chi connectivity index (χ3n) is 3.87. The van der Waals surface area contributed by atoms with E-state index in [9.17, 15) is 4.79 Å². The van der Waals surface area contributed by atoms with E-state index in [-0.39, 0.29) is 5.91 Å². The van der Waals surface area contributed by atoms with E-state index in [2.05, 4.69) is 50.5 Å². The van der Waals surface area contributed by atoms with Crippen LogP contribution >= 0.6 is 27.7 Å². The van der Waals surface area contributed by atoms with Gasteiger partial charge >= 0.3 is 0 Å². The van der Waals surface area contributed by atoms with Crippen molar-refractivity contribution in [3.05, 3.63) is 52.7 Å². The molecule has 0 aliphatic heterocycles. The highest BCUT2D eigenvalue weighted by Gasteiger charge is 2.17. The van der Waals surface area contributed by atoms with E-state index in [1.807, 2.05) is 34.9 Å². The van der Waals surface area contributed by atoms with Crippen molar-refractivity contribution >= 4 is 33.6 Å². The van der Waals surface area contributed by atoms with Crippen LogP contribution in [0, 0.1) is 0 Å². The fraction of sp³-hybridized carbons (Fsp3) is 0.316. The number of hydrogen-bond acceptors (Lipinski definition) is 5. The second-order valence-electron chi connectivity index (χ2n) is 5.94. The average molecular weight is 449 g/mol. The number of aromatic nitrogens is 3. The number of nitrogens with one attached hydrogen (secondary N) is 1. The molecule has 0 spiro atoms. The largest absolute Gasteiger partial charge is 0.446 e. The van der Waals surface area contributed by atoms with Gasteiger partial charge in [-0.1, -0.05) is 49.0 Å². The van der Waals surface area contributed by atoms with Crippen LogP contribution in [0.15, 0.2) is 56.7 Å². The summed E-state index contributed by atoms with van der Waals surface area (Å²) in [4.78, 5) is 12.1. The molecular weight excluding hydrogens is 428 g/mol. The molecule has 0 fully saturated rings. The van der Waals surface area contributed by atoms with Crippen molar-refractivity contribution in [2.45, 2.75) is 31.5 Å². The molecule has 0 saturated carbocycles. The van der Waals surface area contributed by atoms with E-state index >= 15 is 0 Å². The van der Waals surface area contributed by atoms with Crippen molar-refractivity contribution in [3.63, 3.8) is 0 Å². The summed E-state index contributed by atoms with van der Waals surface area (Å²) in [7, 11) is 0. The monoisotopic (exact) mass is 448 g/mol. The molecule has 2 aromatic heterocycles. The van der Waals surface area contributed by atoms with Gasteiger partial charge in [0.1, 0.15) is 0 Å². The van der Waals surface area contributed by atoms with Crippen molar-refractivity contribution in [1.29, 1.82) is 0 Å². The minimum absolute atomic E-state index is 0.00993. The molecule has 6 nitrogen and oxygen atoms in total. The van der Waals surface area contributed by atoms with Gasteiger partial charge in [-0.2, -0.15) is 0 Å². The number of carbonyl (C=O) groups is 1. The fourth-order valence-corrected chi connectivity index (χ4v) is 3.71. The van der Waals surface area contributed by atoms with Gasteiger partial charge in [0, 0.05) is 13.1 Å². The zero-order valence-corrected chi connectivity index (χ0v) is 17.4. The van der Waals surface area contributed by atoms with E-state index in [1.54, 1.807) is 0 Å². The maximum Gasteiger partial charge on any atom is 0.230 e. The van der Waals surface area contributed by atoms with E-state index in [1.165, 1.54) is 17.3 Å². The first-order valence-electron chi connectivity index (χ1n) is 8.79. The van der Waals surface area contributed by atoms with Gasteiger partial charge in [-0.05, 0) is 46.5 Å². The van der Waals surface area contributed by atoms with Gasteiger partial charge in [0.25, 0.3) is 0 Å². The lowest BCUT2D eigenvalue weighted by Gasteiger charge is -2.08. The number of hydrogen-bond donors (Lipinski definition) is 1. The third-order valence-corrected chi connectivity index (χ3v) is 5.26. The molecule has 3 aromatic rings. The van der Waals surface area contributed by atoms with E-state index in [0.717, 1.165) is 24.5 Å². The Hall–Kier alpha value is -2.06. The Labute approximate surface area is 170 Å². The minimum Gasteiger partial charge on any atom is -0.446 e. The fourth-order valence-electron chi connectivity index (χ4n) is 2.61. The molecule has 3 rings (SSSR count). The molecule has 0 unspecified atom stereocenters. The second kappa shape index (κ2) is 9.75. The molecule has 0 aliphatic carbocycles. The first-order chi connectivity index (χ1) is 13.2. The Balaban J connectivity index is 1.55. The van der Waals surface area contributed by atoms with Crippen LogP contribution in [0.5, 0.6) is 0 Å². The first-order valence-corrected chi connectivity index (χ1v) is 10.6. The topological polar surface area (TPSA) is 73.0 Å². The molecule has 1 aromatic carbocycles. The highest BCUT2D eigenvalue weighted by molar-refractivity contribution is 9.10. The number of nitrogens with zero attached hydrogens (tertiary/aromatic N) is 3. The maximum absolute atomic E-state index is 12.1. The number of carbonyl (C=O) groups excluding carboxylic acids is 1. The molecular formula is C19H21BrN4O2S. The Morgan fingerprint density at radius 2 is 2.04 bits per heavy atom. The van der Waals surface area contributed by atoms with Crippen molar-refractivity contribution in [1.82, 2.24) is 20.1 Å². The van der Waals surface area contributed by atoms with Crippen LogP contribution in [0.25, 0.3) is 11.6 Å². The summed E-state index contributed by atoms with van der Waals surface area (Å²) in [6.45, 7) is 3.47. The molecule has 0 radical (unpaired) electrons. The normalized spacial score (nSPS) is 10.9. The molecule has 0 saturated heterocycles. The summed E-state index contributed by atoms with van der Waals surface area (Å²) in [6, 6.07) is 13.8. The smallest absolute Gasteiger partial charge is 0.230 e. The van der Waals surface area contributed by atoms with Crippen LogP contribution in [-0.4, -0.2) is 33.0 Å². The zero-order valence-electron chi connectivity index (χ0n) is 15.0. The molecule has 8 heteroatoms. The zero-order chi connectivity index (χ0) is 19.1. The van der Waals surface area contributed by atoms with Gasteiger partial charge in [0.15, 0.2) is 15.6 Å². The quantitative estimate of drug-likeness (QED) is 0.497. The Kier molecular flexibility index (Phi) is 7.11. The molecule has 2 heterocycles. The number of rotatable bonds is 9. The molecule has 1 N–H and O–H groups in total. The van der Waals surface area contributed by atoms with E-state index in [0.29, 0.717) is 28.6 Å². The lowest BCUT2D eigenvalue weighted by atomic mass is 10.1. The van der Waals surface area contributed by atoms with Gasteiger partial charge < -0.3 is 9.73 Å². The van der Waals surface area contributed by atoms with Crippen LogP contribution < -0.4 is 5.32 Å². The molecule has 1 amide bonds. The number of furan rings is 1. The molecule has 0 aliphatic rings. The minimum atomic E-state index is -0.00993. The average Bonchev–Trinajstić information content (AvgIpc) is 3.27. The van der Waals surface area contributed by atoms with E-state index in [4.69, 9.17) is 4.42 Å². The summed E-state index contributed by atoms with van der Waals surface area (Å²) in [5.74, 6) is 1.62. The lowest BCUT2D eigenvalue weighted by Crippen LogP contribution is -2.27. The number of thioether (sulfide) groups is 1. The van der Waals surface area contributed by atoms with Crippen molar-refractivity contribution in [3.8, 4) is 11.6 Å². The van der Waals surface area contributed by atoms with Crippen LogP contribution in [-0.2, 0) is 17.8 Å². The van der Waals surface area contributed by atoms with Gasteiger partial charge in [-0.25, -0.2) is 0 Å². The predicted molar refractivity (Wildman–Crippen MR) is 110 cm³/mol. The van der Waals surface area contributed by atoms with Crippen molar-refractivity contribution < 1.29 is 9.21 Å². The number of benzene rings is 1. The van der Waals surface area contributed by atoms with Gasteiger partial charge in [-0.15, -0.1) is 10.2 Å². The van der Waals surface area contributed by atoms with Crippen molar-refractivity contribution in [2.75, 3.05) is 12.3 Å². The summed E-state index contributed by atoms with van der Waals surface area (Å²) < 4.78 is 8.24. The summed E-state index contributed by atoms with van der Waals surface area (Å²) in [5, 5.41) is 12.2. The predicted octanol–water partition coefficient (Wildman–Crippen LogP) is 4.16. The van der Waals surface area contributed by atoms with Crippen LogP contribution in [0.3, 0.4) is 0 Å². The Morgan fingerprint density at radius 3 is 2.74 bits per heavy atom. The van der Waals surface area contributed by atoms with Crippen LogP contribution in [0.2, 0.25) is 0 Å². The Morgan fingerprint density at radius 1 is 1.22 bits per heavy atom. The lowest BCUT2D eigenvalue weighted by molar-refractivity contribution is -0.118. The van der Waals surface area contributed by atoms with Gasteiger partial charge in [0.2, 0.25) is 11.7 Å².